The van der Waals surface area contributed by atoms with Crippen molar-refractivity contribution in [3.05, 3.63) is 83.8 Å². The van der Waals surface area contributed by atoms with Gasteiger partial charge in [-0.3, -0.25) is 4.79 Å². The highest BCUT2D eigenvalue weighted by Gasteiger charge is 2.18. The number of rotatable bonds is 6. The Morgan fingerprint density at radius 3 is 2.58 bits per heavy atom. The molecule has 3 aromatic rings. The summed E-state index contributed by atoms with van der Waals surface area (Å²) in [5.41, 5.74) is 3.68. The second kappa shape index (κ2) is 7.78. The van der Waals surface area contributed by atoms with E-state index in [1.165, 1.54) is 0 Å². The number of hydrogen-bond donors (Lipinski definition) is 0. The van der Waals surface area contributed by atoms with Gasteiger partial charge < -0.3 is 9.42 Å². The van der Waals surface area contributed by atoms with Crippen molar-refractivity contribution in [3.8, 4) is 11.4 Å². The molecule has 0 saturated heterocycles. The van der Waals surface area contributed by atoms with E-state index in [1.807, 2.05) is 56.3 Å². The third kappa shape index (κ3) is 4.06. The number of aromatic nitrogens is 2. The van der Waals surface area contributed by atoms with Gasteiger partial charge in [-0.15, -0.1) is 6.58 Å². The summed E-state index contributed by atoms with van der Waals surface area (Å²) in [5.74, 6) is 0.818. The Balaban J connectivity index is 1.80. The molecule has 5 heteroatoms. The first kappa shape index (κ1) is 17.6. The molecule has 0 atom stereocenters. The van der Waals surface area contributed by atoms with Gasteiger partial charge in [0.1, 0.15) is 6.54 Å². The molecule has 0 saturated carbocycles. The lowest BCUT2D eigenvalue weighted by atomic mass is 10.1. The van der Waals surface area contributed by atoms with Crippen LogP contribution >= 0.6 is 0 Å². The maximum absolute atomic E-state index is 12.8. The topological polar surface area (TPSA) is 59.2 Å². The van der Waals surface area contributed by atoms with E-state index in [4.69, 9.17) is 4.52 Å². The van der Waals surface area contributed by atoms with E-state index in [2.05, 4.69) is 16.7 Å². The van der Waals surface area contributed by atoms with Crippen LogP contribution in [0.4, 0.5) is 0 Å². The van der Waals surface area contributed by atoms with Crippen LogP contribution < -0.4 is 0 Å². The van der Waals surface area contributed by atoms with E-state index in [-0.39, 0.29) is 12.5 Å². The molecule has 3 rings (SSSR count). The second-order valence-electron chi connectivity index (χ2n) is 6.23. The van der Waals surface area contributed by atoms with E-state index in [0.717, 1.165) is 16.7 Å². The first-order valence-electron chi connectivity index (χ1n) is 8.43. The number of aryl methyl sites for hydroxylation is 2. The summed E-state index contributed by atoms with van der Waals surface area (Å²) in [6.07, 6.45) is 1.69. The van der Waals surface area contributed by atoms with Gasteiger partial charge in [-0.05, 0) is 32.0 Å². The summed E-state index contributed by atoms with van der Waals surface area (Å²) < 4.78 is 5.36. The largest absolute Gasteiger partial charge is 0.337 e. The molecule has 2 aromatic carbocycles. The Labute approximate surface area is 153 Å². The predicted octanol–water partition coefficient (Wildman–Crippen LogP) is 4.18. The molecular weight excluding hydrogens is 326 g/mol. The lowest BCUT2D eigenvalue weighted by molar-refractivity contribution is 0.0745. The van der Waals surface area contributed by atoms with Gasteiger partial charge in [0.15, 0.2) is 0 Å². The average molecular weight is 347 g/mol. The summed E-state index contributed by atoms with van der Waals surface area (Å²) in [4.78, 5) is 18.9. The fourth-order valence-corrected chi connectivity index (χ4v) is 2.72. The van der Waals surface area contributed by atoms with Crippen LogP contribution in [0.25, 0.3) is 11.4 Å². The normalized spacial score (nSPS) is 10.5. The van der Waals surface area contributed by atoms with Crippen LogP contribution in [0.3, 0.4) is 0 Å². The number of carbonyl (C=O) groups is 1. The summed E-state index contributed by atoms with van der Waals surface area (Å²) in [7, 11) is 0. The molecule has 0 fully saturated rings. The van der Waals surface area contributed by atoms with E-state index in [1.54, 1.807) is 17.0 Å². The number of nitrogens with zero attached hydrogens (tertiary/aromatic N) is 3. The molecule has 5 nitrogen and oxygen atoms in total. The Morgan fingerprint density at radius 1 is 1.15 bits per heavy atom. The summed E-state index contributed by atoms with van der Waals surface area (Å²) >= 11 is 0. The van der Waals surface area contributed by atoms with Crippen LogP contribution in [-0.2, 0) is 6.54 Å². The van der Waals surface area contributed by atoms with E-state index in [9.17, 15) is 4.79 Å². The van der Waals surface area contributed by atoms with Crippen molar-refractivity contribution < 1.29 is 9.32 Å². The highest BCUT2D eigenvalue weighted by Crippen LogP contribution is 2.18. The minimum Gasteiger partial charge on any atom is -0.337 e. The van der Waals surface area contributed by atoms with Crippen molar-refractivity contribution >= 4 is 5.91 Å². The maximum atomic E-state index is 12.8. The molecule has 0 aliphatic heterocycles. The minimum absolute atomic E-state index is 0.0936. The molecule has 0 aliphatic rings. The molecule has 132 valence electrons. The number of amides is 1. The van der Waals surface area contributed by atoms with Gasteiger partial charge in [0.25, 0.3) is 5.91 Å². The third-order valence-electron chi connectivity index (χ3n) is 3.97. The zero-order valence-corrected chi connectivity index (χ0v) is 15.0. The number of benzene rings is 2. The molecule has 0 radical (unpaired) electrons. The van der Waals surface area contributed by atoms with Crippen molar-refractivity contribution in [2.45, 2.75) is 20.4 Å². The predicted molar refractivity (Wildman–Crippen MR) is 101 cm³/mol. The highest BCUT2D eigenvalue weighted by molar-refractivity contribution is 5.94. The third-order valence-corrected chi connectivity index (χ3v) is 3.97. The van der Waals surface area contributed by atoms with Gasteiger partial charge in [0.05, 0.1) is 0 Å². The first-order chi connectivity index (χ1) is 12.6. The van der Waals surface area contributed by atoms with Gasteiger partial charge in [-0.2, -0.15) is 4.98 Å². The zero-order valence-electron chi connectivity index (χ0n) is 15.0. The monoisotopic (exact) mass is 347 g/mol. The van der Waals surface area contributed by atoms with E-state index < -0.39 is 0 Å². The Bertz CT molecular complexity index is 930. The number of carbonyl (C=O) groups excluding carboxylic acids is 1. The van der Waals surface area contributed by atoms with E-state index in [0.29, 0.717) is 23.8 Å². The summed E-state index contributed by atoms with van der Waals surface area (Å²) in [6, 6.07) is 15.4. The Kier molecular flexibility index (Phi) is 5.27. The molecule has 0 spiro atoms. The van der Waals surface area contributed by atoms with Crippen molar-refractivity contribution in [2.24, 2.45) is 0 Å². The number of hydrogen-bond acceptors (Lipinski definition) is 4. The Morgan fingerprint density at radius 2 is 1.88 bits per heavy atom. The molecule has 1 aromatic heterocycles. The molecule has 0 bridgehead atoms. The van der Waals surface area contributed by atoms with Crippen molar-refractivity contribution in [1.29, 1.82) is 0 Å². The van der Waals surface area contributed by atoms with E-state index >= 15 is 0 Å². The molecule has 1 heterocycles. The minimum atomic E-state index is -0.0936. The van der Waals surface area contributed by atoms with Crippen LogP contribution in [0.1, 0.15) is 27.4 Å². The van der Waals surface area contributed by atoms with Crippen LogP contribution in [0.2, 0.25) is 0 Å². The zero-order chi connectivity index (χ0) is 18.5. The lowest BCUT2D eigenvalue weighted by Gasteiger charge is -2.19. The molecule has 26 heavy (non-hydrogen) atoms. The van der Waals surface area contributed by atoms with Crippen molar-refractivity contribution in [2.75, 3.05) is 6.54 Å². The van der Waals surface area contributed by atoms with Gasteiger partial charge in [0, 0.05) is 17.7 Å². The van der Waals surface area contributed by atoms with Gasteiger partial charge in [0.2, 0.25) is 11.7 Å². The first-order valence-corrected chi connectivity index (χ1v) is 8.43. The van der Waals surface area contributed by atoms with Gasteiger partial charge in [-0.1, -0.05) is 52.7 Å². The fourth-order valence-electron chi connectivity index (χ4n) is 2.72. The van der Waals surface area contributed by atoms with Crippen molar-refractivity contribution in [3.63, 3.8) is 0 Å². The summed E-state index contributed by atoms with van der Waals surface area (Å²) in [6.45, 7) is 8.34. The molecule has 0 aliphatic carbocycles. The fraction of sp³-hybridized carbons (Fsp3) is 0.190. The molecule has 0 N–H and O–H groups in total. The van der Waals surface area contributed by atoms with Crippen LogP contribution in [0.5, 0.6) is 0 Å². The summed E-state index contributed by atoms with van der Waals surface area (Å²) in [5, 5.41) is 4.04. The smallest absolute Gasteiger partial charge is 0.254 e. The van der Waals surface area contributed by atoms with Crippen LogP contribution in [0.15, 0.2) is 65.7 Å². The highest BCUT2D eigenvalue weighted by atomic mass is 16.5. The molecular formula is C21H21N3O2. The second-order valence-corrected chi connectivity index (χ2v) is 6.23. The quantitative estimate of drug-likeness (QED) is 0.628. The lowest BCUT2D eigenvalue weighted by Crippen LogP contribution is -2.30. The standard InChI is InChI=1S/C21H21N3O2/c1-4-11-24(21(25)18-10-6-8-16(3)13-18)14-19-22-20(23-26-19)17-9-5-7-15(2)12-17/h4-10,12-13H,1,11,14H2,2-3H3. The van der Waals surface area contributed by atoms with Crippen molar-refractivity contribution in [1.82, 2.24) is 15.0 Å². The molecule has 1 amide bonds. The molecule has 0 unspecified atom stereocenters. The Hall–Kier alpha value is -3.21. The SMILES string of the molecule is C=CCN(Cc1nc(-c2cccc(C)c2)no1)C(=O)c1cccc(C)c1. The van der Waals surface area contributed by atoms with Gasteiger partial charge in [-0.25, -0.2) is 0 Å². The maximum Gasteiger partial charge on any atom is 0.254 e. The average Bonchev–Trinajstić information content (AvgIpc) is 3.09. The van der Waals surface area contributed by atoms with Gasteiger partial charge >= 0.3 is 0 Å². The van der Waals surface area contributed by atoms with Crippen LogP contribution in [0, 0.1) is 13.8 Å². The van der Waals surface area contributed by atoms with Crippen LogP contribution in [-0.4, -0.2) is 27.5 Å².